The molecule has 0 amide bonds. The van der Waals surface area contributed by atoms with Crippen molar-refractivity contribution in [1.29, 1.82) is 0 Å². The Kier molecular flexibility index (Phi) is 4.84. The molecule has 3 aromatic rings. The second-order valence-electron chi connectivity index (χ2n) is 6.22. The average Bonchev–Trinajstić information content (AvgIpc) is 2.99. The van der Waals surface area contributed by atoms with Crippen molar-refractivity contribution in [2.24, 2.45) is 0 Å². The molecule has 2 aromatic carbocycles. The summed E-state index contributed by atoms with van der Waals surface area (Å²) >= 11 is 11.9. The summed E-state index contributed by atoms with van der Waals surface area (Å²) in [4.78, 5) is 7.19. The van der Waals surface area contributed by atoms with Crippen molar-refractivity contribution >= 4 is 34.2 Å². The number of nitrogens with zero attached hydrogens (tertiary/aromatic N) is 3. The van der Waals surface area contributed by atoms with E-state index in [9.17, 15) is 0 Å². The lowest BCUT2D eigenvalue weighted by molar-refractivity contribution is 0.197. The number of para-hydroxylation sites is 2. The first-order chi connectivity index (χ1) is 12.2. The van der Waals surface area contributed by atoms with E-state index in [-0.39, 0.29) is 0 Å². The number of rotatable bonds is 5. The fraction of sp³-hybridized carbons (Fsp3) is 0.316. The fourth-order valence-electron chi connectivity index (χ4n) is 3.25. The Hall–Kier alpha value is -1.75. The summed E-state index contributed by atoms with van der Waals surface area (Å²) in [6.07, 6.45) is 0.959. The van der Waals surface area contributed by atoms with E-state index >= 15 is 0 Å². The largest absolute Gasteiger partial charge is 0.493 e. The Morgan fingerprint density at radius 1 is 1.04 bits per heavy atom. The average molecular weight is 376 g/mol. The van der Waals surface area contributed by atoms with E-state index in [1.165, 1.54) is 5.52 Å². The predicted octanol–water partition coefficient (Wildman–Crippen LogP) is 4.63. The molecule has 0 saturated carbocycles. The van der Waals surface area contributed by atoms with Gasteiger partial charge >= 0.3 is 0 Å². The van der Waals surface area contributed by atoms with E-state index in [4.69, 9.17) is 32.9 Å². The molecule has 130 valence electrons. The molecule has 0 fully saturated rings. The van der Waals surface area contributed by atoms with Gasteiger partial charge in [-0.1, -0.05) is 35.3 Å². The Labute approximate surface area is 156 Å². The van der Waals surface area contributed by atoms with E-state index in [0.717, 1.165) is 49.7 Å². The van der Waals surface area contributed by atoms with Crippen LogP contribution in [0.1, 0.15) is 12.2 Å². The van der Waals surface area contributed by atoms with Gasteiger partial charge in [0.05, 0.1) is 34.2 Å². The van der Waals surface area contributed by atoms with Crippen LogP contribution < -0.4 is 4.74 Å². The smallest absolute Gasteiger partial charge is 0.124 e. The summed E-state index contributed by atoms with van der Waals surface area (Å²) in [5.74, 6) is 1.91. The second-order valence-corrected chi connectivity index (χ2v) is 7.04. The standard InChI is InChI=1S/C19H19Cl2N3O/c20-15-7-6-14(12-16(15)21)25-11-3-8-23-9-10-24-18-5-2-1-4-17(18)22-19(24)13-23/h1-2,4-7,12H,3,8-11,13H2. The van der Waals surface area contributed by atoms with Crippen LogP contribution in [0.4, 0.5) is 0 Å². The zero-order valence-corrected chi connectivity index (χ0v) is 15.3. The van der Waals surface area contributed by atoms with Crippen LogP contribution in [0.5, 0.6) is 5.75 Å². The molecule has 4 nitrogen and oxygen atoms in total. The summed E-state index contributed by atoms with van der Waals surface area (Å²) < 4.78 is 8.09. The number of aromatic nitrogens is 2. The normalized spacial score (nSPS) is 14.6. The van der Waals surface area contributed by atoms with Gasteiger partial charge in [0.1, 0.15) is 11.6 Å². The van der Waals surface area contributed by atoms with Crippen LogP contribution in [0.25, 0.3) is 11.0 Å². The number of ether oxygens (including phenoxy) is 1. The Balaban J connectivity index is 1.30. The summed E-state index contributed by atoms with van der Waals surface area (Å²) in [6, 6.07) is 13.7. The molecule has 0 radical (unpaired) electrons. The Morgan fingerprint density at radius 2 is 1.92 bits per heavy atom. The monoisotopic (exact) mass is 375 g/mol. The molecule has 0 saturated heterocycles. The first-order valence-corrected chi connectivity index (χ1v) is 9.20. The Morgan fingerprint density at radius 3 is 2.80 bits per heavy atom. The first-order valence-electron chi connectivity index (χ1n) is 8.45. The highest BCUT2D eigenvalue weighted by molar-refractivity contribution is 6.42. The van der Waals surface area contributed by atoms with Crippen molar-refractivity contribution in [3.63, 3.8) is 0 Å². The molecule has 0 spiro atoms. The van der Waals surface area contributed by atoms with Crippen LogP contribution in [-0.4, -0.2) is 34.1 Å². The van der Waals surface area contributed by atoms with E-state index in [1.54, 1.807) is 12.1 Å². The van der Waals surface area contributed by atoms with Crippen LogP contribution in [0.3, 0.4) is 0 Å². The lowest BCUT2D eigenvalue weighted by Gasteiger charge is -2.27. The van der Waals surface area contributed by atoms with Crippen molar-refractivity contribution in [3.8, 4) is 5.75 Å². The number of hydrogen-bond donors (Lipinski definition) is 0. The summed E-state index contributed by atoms with van der Waals surface area (Å²) in [7, 11) is 0. The molecule has 0 N–H and O–H groups in total. The summed E-state index contributed by atoms with van der Waals surface area (Å²) in [5.41, 5.74) is 2.32. The summed E-state index contributed by atoms with van der Waals surface area (Å²) in [6.45, 7) is 4.57. The van der Waals surface area contributed by atoms with Gasteiger partial charge in [-0.3, -0.25) is 4.90 Å². The summed E-state index contributed by atoms with van der Waals surface area (Å²) in [5, 5.41) is 1.07. The molecular formula is C19H19Cl2N3O. The van der Waals surface area contributed by atoms with Gasteiger partial charge in [-0.2, -0.15) is 0 Å². The minimum atomic E-state index is 0.522. The van der Waals surface area contributed by atoms with Gasteiger partial charge in [0.2, 0.25) is 0 Å². The maximum absolute atomic E-state index is 6.00. The van der Waals surface area contributed by atoms with Crippen LogP contribution in [0.15, 0.2) is 42.5 Å². The minimum absolute atomic E-state index is 0.522. The van der Waals surface area contributed by atoms with Gasteiger partial charge in [-0.15, -0.1) is 0 Å². The molecule has 1 aliphatic heterocycles. The van der Waals surface area contributed by atoms with Crippen molar-refractivity contribution in [2.45, 2.75) is 19.5 Å². The van der Waals surface area contributed by atoms with Crippen LogP contribution >= 0.6 is 23.2 Å². The van der Waals surface area contributed by atoms with Crippen LogP contribution in [0.2, 0.25) is 10.0 Å². The molecule has 4 rings (SSSR count). The first kappa shape index (κ1) is 16.7. The number of halogens is 2. The number of fused-ring (bicyclic) bond motifs is 3. The Bertz CT molecular complexity index is 894. The van der Waals surface area contributed by atoms with Gasteiger partial charge in [0.15, 0.2) is 0 Å². The maximum Gasteiger partial charge on any atom is 0.124 e. The van der Waals surface area contributed by atoms with E-state index in [0.29, 0.717) is 16.7 Å². The molecule has 0 unspecified atom stereocenters. The lowest BCUT2D eigenvalue weighted by Crippen LogP contribution is -2.35. The highest BCUT2D eigenvalue weighted by Crippen LogP contribution is 2.26. The van der Waals surface area contributed by atoms with E-state index in [2.05, 4.69) is 27.7 Å². The lowest BCUT2D eigenvalue weighted by atomic mass is 10.3. The van der Waals surface area contributed by atoms with Crippen LogP contribution in [-0.2, 0) is 13.1 Å². The van der Waals surface area contributed by atoms with Gasteiger partial charge in [0, 0.05) is 25.7 Å². The van der Waals surface area contributed by atoms with Crippen molar-refractivity contribution in [1.82, 2.24) is 14.5 Å². The van der Waals surface area contributed by atoms with Gasteiger partial charge < -0.3 is 9.30 Å². The molecule has 0 bridgehead atoms. The van der Waals surface area contributed by atoms with Crippen molar-refractivity contribution in [3.05, 3.63) is 58.3 Å². The SMILES string of the molecule is Clc1ccc(OCCCN2CCn3c(nc4ccccc43)C2)cc1Cl. The molecule has 1 aromatic heterocycles. The predicted molar refractivity (Wildman–Crippen MR) is 102 cm³/mol. The van der Waals surface area contributed by atoms with Crippen molar-refractivity contribution in [2.75, 3.05) is 19.7 Å². The molecule has 2 heterocycles. The molecule has 1 aliphatic rings. The van der Waals surface area contributed by atoms with E-state index in [1.807, 2.05) is 12.1 Å². The fourth-order valence-corrected chi connectivity index (χ4v) is 3.54. The van der Waals surface area contributed by atoms with E-state index < -0.39 is 0 Å². The van der Waals surface area contributed by atoms with Gasteiger partial charge in [0.25, 0.3) is 0 Å². The second kappa shape index (κ2) is 7.24. The number of benzene rings is 2. The third kappa shape index (κ3) is 3.61. The maximum atomic E-state index is 6.00. The topological polar surface area (TPSA) is 30.3 Å². The molecule has 0 aliphatic carbocycles. The highest BCUT2D eigenvalue weighted by Gasteiger charge is 2.19. The molecular weight excluding hydrogens is 357 g/mol. The zero-order chi connectivity index (χ0) is 17.2. The molecule has 6 heteroatoms. The minimum Gasteiger partial charge on any atom is -0.493 e. The zero-order valence-electron chi connectivity index (χ0n) is 13.8. The molecule has 25 heavy (non-hydrogen) atoms. The third-order valence-electron chi connectivity index (χ3n) is 4.52. The highest BCUT2D eigenvalue weighted by atomic mass is 35.5. The van der Waals surface area contributed by atoms with Crippen LogP contribution in [0, 0.1) is 0 Å². The number of hydrogen-bond acceptors (Lipinski definition) is 3. The van der Waals surface area contributed by atoms with Gasteiger partial charge in [-0.25, -0.2) is 4.98 Å². The van der Waals surface area contributed by atoms with Crippen molar-refractivity contribution < 1.29 is 4.74 Å². The van der Waals surface area contributed by atoms with Gasteiger partial charge in [-0.05, 0) is 30.7 Å². The third-order valence-corrected chi connectivity index (χ3v) is 5.26. The number of imidazole rings is 1. The molecule has 0 atom stereocenters. The quantitative estimate of drug-likeness (QED) is 0.609.